The molecule has 0 bridgehead atoms. The molecule has 2 nitrogen and oxygen atoms in total. The van der Waals surface area contributed by atoms with Gasteiger partial charge in [0.2, 0.25) is 0 Å². The number of nitrogens with zero attached hydrogens (tertiary/aromatic N) is 1. The van der Waals surface area contributed by atoms with Gasteiger partial charge in [-0.3, -0.25) is 4.79 Å². The van der Waals surface area contributed by atoms with Gasteiger partial charge in [0, 0.05) is 33.9 Å². The van der Waals surface area contributed by atoms with Crippen LogP contribution >= 0.6 is 0 Å². The van der Waals surface area contributed by atoms with E-state index < -0.39 is 0 Å². The van der Waals surface area contributed by atoms with Crippen LogP contribution in [0.1, 0.15) is 29.4 Å². The van der Waals surface area contributed by atoms with Crippen molar-refractivity contribution < 1.29 is 4.79 Å². The van der Waals surface area contributed by atoms with Crippen LogP contribution in [0.25, 0.3) is 18.3 Å². The van der Waals surface area contributed by atoms with E-state index in [2.05, 4.69) is 13.2 Å². The molecule has 102 valence electrons. The number of ketones is 1. The lowest BCUT2D eigenvalue weighted by Gasteiger charge is -2.07. The van der Waals surface area contributed by atoms with E-state index in [9.17, 15) is 4.79 Å². The van der Waals surface area contributed by atoms with Crippen LogP contribution in [0.3, 0.4) is 0 Å². The van der Waals surface area contributed by atoms with E-state index in [4.69, 9.17) is 0 Å². The maximum Gasteiger partial charge on any atom is 0.165 e. The van der Waals surface area contributed by atoms with Crippen molar-refractivity contribution in [3.8, 4) is 5.69 Å². The number of allylic oxidation sites excluding steroid dienone is 1. The van der Waals surface area contributed by atoms with Gasteiger partial charge in [0.05, 0.1) is 0 Å². The number of carbonyl (C=O) groups is 1. The molecular weight excluding hydrogens is 246 g/mol. The molecule has 0 aliphatic rings. The Kier molecular flexibility index (Phi) is 4.04. The summed E-state index contributed by atoms with van der Waals surface area (Å²) in [6, 6.07) is 9.96. The number of carbonyl (C=O) groups excluding carboxylic acids is 1. The molecule has 2 rings (SSSR count). The van der Waals surface area contributed by atoms with Crippen LogP contribution in [0.4, 0.5) is 0 Å². The zero-order chi connectivity index (χ0) is 14.7. The number of rotatable bonds is 4. The first-order valence-corrected chi connectivity index (χ1v) is 6.73. The molecule has 0 aliphatic heterocycles. The number of hydrogen-bond acceptors (Lipinski definition) is 1. The second-order valence-corrected chi connectivity index (χ2v) is 4.67. The number of benzene rings is 1. The van der Waals surface area contributed by atoms with Gasteiger partial charge in [-0.25, -0.2) is 0 Å². The van der Waals surface area contributed by atoms with Crippen molar-refractivity contribution in [2.45, 2.75) is 20.3 Å². The Labute approximate surface area is 119 Å². The van der Waals surface area contributed by atoms with E-state index in [0.717, 1.165) is 27.5 Å². The molecule has 1 aromatic heterocycles. The van der Waals surface area contributed by atoms with Gasteiger partial charge in [-0.2, -0.15) is 0 Å². The molecule has 0 fully saturated rings. The predicted molar refractivity (Wildman–Crippen MR) is 84.6 cm³/mol. The van der Waals surface area contributed by atoms with Crippen LogP contribution in [0.5, 0.6) is 0 Å². The van der Waals surface area contributed by atoms with E-state index in [1.165, 1.54) is 0 Å². The lowest BCUT2D eigenvalue weighted by Crippen LogP contribution is -2.29. The van der Waals surface area contributed by atoms with Crippen molar-refractivity contribution in [1.29, 1.82) is 0 Å². The number of Topliss-reactive ketones (excluding diaryl/α,β-unsaturated/α-hetero) is 1. The minimum Gasteiger partial charge on any atom is -0.314 e. The molecule has 0 radical (unpaired) electrons. The van der Waals surface area contributed by atoms with Crippen molar-refractivity contribution in [3.05, 3.63) is 64.8 Å². The van der Waals surface area contributed by atoms with Gasteiger partial charge in [0.25, 0.3) is 0 Å². The molecule has 0 spiro atoms. The SMILES string of the molecule is C=C/C=c1/c(C(=O)CC)c(C)n(-c2ccccc2)c1=C. The highest BCUT2D eigenvalue weighted by molar-refractivity contribution is 5.97. The van der Waals surface area contributed by atoms with E-state index in [-0.39, 0.29) is 5.78 Å². The second kappa shape index (κ2) is 5.74. The minimum atomic E-state index is 0.134. The Bertz CT molecular complexity index is 751. The van der Waals surface area contributed by atoms with E-state index in [0.29, 0.717) is 6.42 Å². The van der Waals surface area contributed by atoms with Crippen LogP contribution in [0.2, 0.25) is 0 Å². The van der Waals surface area contributed by atoms with Gasteiger partial charge in [0.15, 0.2) is 5.78 Å². The van der Waals surface area contributed by atoms with Gasteiger partial charge in [-0.1, -0.05) is 50.4 Å². The fourth-order valence-electron chi connectivity index (χ4n) is 2.53. The molecule has 2 aromatic rings. The number of para-hydroxylation sites is 1. The second-order valence-electron chi connectivity index (χ2n) is 4.67. The summed E-state index contributed by atoms with van der Waals surface area (Å²) >= 11 is 0. The Morgan fingerprint density at radius 2 is 1.95 bits per heavy atom. The summed E-state index contributed by atoms with van der Waals surface area (Å²) in [6.45, 7) is 11.7. The number of hydrogen-bond donors (Lipinski definition) is 0. The molecule has 0 saturated heterocycles. The van der Waals surface area contributed by atoms with Gasteiger partial charge in [-0.15, -0.1) is 0 Å². The topological polar surface area (TPSA) is 22.0 Å². The molecule has 1 heterocycles. The quantitative estimate of drug-likeness (QED) is 0.779. The number of aromatic nitrogens is 1. The largest absolute Gasteiger partial charge is 0.314 e. The summed E-state index contributed by atoms with van der Waals surface area (Å²) in [5.41, 5.74) is 2.70. The molecular formula is C18H19NO. The average Bonchev–Trinajstić information content (AvgIpc) is 2.71. The Balaban J connectivity index is 2.86. The van der Waals surface area contributed by atoms with Crippen LogP contribution < -0.4 is 10.6 Å². The van der Waals surface area contributed by atoms with Crippen LogP contribution in [0.15, 0.2) is 43.0 Å². The van der Waals surface area contributed by atoms with Crippen LogP contribution in [-0.2, 0) is 0 Å². The van der Waals surface area contributed by atoms with Crippen molar-refractivity contribution in [2.75, 3.05) is 0 Å². The molecule has 0 unspecified atom stereocenters. The summed E-state index contributed by atoms with van der Waals surface area (Å²) in [5.74, 6) is 0.134. The third-order valence-electron chi connectivity index (χ3n) is 3.45. The maximum atomic E-state index is 12.2. The first-order chi connectivity index (χ1) is 9.61. The Morgan fingerprint density at radius 3 is 2.50 bits per heavy atom. The third-order valence-corrected chi connectivity index (χ3v) is 3.45. The summed E-state index contributed by atoms with van der Waals surface area (Å²) in [4.78, 5) is 12.2. The first-order valence-electron chi connectivity index (χ1n) is 6.73. The predicted octanol–water partition coefficient (Wildman–Crippen LogP) is 2.76. The normalized spacial score (nSPS) is 11.6. The lowest BCUT2D eigenvalue weighted by atomic mass is 10.1. The van der Waals surface area contributed by atoms with Gasteiger partial charge in [0.1, 0.15) is 0 Å². The van der Waals surface area contributed by atoms with Crippen LogP contribution in [0, 0.1) is 6.92 Å². The van der Waals surface area contributed by atoms with Crippen LogP contribution in [-0.4, -0.2) is 10.4 Å². The molecule has 0 amide bonds. The van der Waals surface area contributed by atoms with Crippen molar-refractivity contribution in [3.63, 3.8) is 0 Å². The van der Waals surface area contributed by atoms with E-state index in [1.807, 2.05) is 54.8 Å². The molecule has 2 heteroatoms. The maximum absolute atomic E-state index is 12.2. The van der Waals surface area contributed by atoms with E-state index in [1.54, 1.807) is 6.08 Å². The monoisotopic (exact) mass is 265 g/mol. The highest BCUT2D eigenvalue weighted by atomic mass is 16.1. The summed E-state index contributed by atoms with van der Waals surface area (Å²) in [5, 5.41) is 1.69. The molecule has 0 saturated carbocycles. The third kappa shape index (κ3) is 2.25. The zero-order valence-corrected chi connectivity index (χ0v) is 12.0. The molecule has 0 N–H and O–H groups in total. The first kappa shape index (κ1) is 14.1. The highest BCUT2D eigenvalue weighted by Crippen LogP contribution is 2.11. The van der Waals surface area contributed by atoms with Crippen molar-refractivity contribution in [1.82, 2.24) is 4.57 Å². The molecule has 0 atom stereocenters. The molecule has 0 aliphatic carbocycles. The van der Waals surface area contributed by atoms with Crippen molar-refractivity contribution >= 4 is 18.4 Å². The van der Waals surface area contributed by atoms with Gasteiger partial charge < -0.3 is 4.57 Å². The highest BCUT2D eigenvalue weighted by Gasteiger charge is 2.16. The summed E-state index contributed by atoms with van der Waals surface area (Å²) in [6.07, 6.45) is 4.04. The average molecular weight is 265 g/mol. The van der Waals surface area contributed by atoms with E-state index >= 15 is 0 Å². The molecule has 20 heavy (non-hydrogen) atoms. The minimum absolute atomic E-state index is 0.134. The Morgan fingerprint density at radius 1 is 1.30 bits per heavy atom. The molecule has 1 aromatic carbocycles. The fraction of sp³-hybridized carbons (Fsp3) is 0.167. The lowest BCUT2D eigenvalue weighted by molar-refractivity contribution is 0.0986. The Hall–Kier alpha value is -2.35. The van der Waals surface area contributed by atoms with Gasteiger partial charge in [-0.05, 0) is 19.1 Å². The van der Waals surface area contributed by atoms with Gasteiger partial charge >= 0.3 is 0 Å². The standard InChI is InChI=1S/C18H19NO/c1-5-10-16-13(3)19(15-11-8-7-9-12-15)14(4)18(16)17(20)6-2/h5,7-12H,1,3,6H2,2,4H3/b16-10+. The fourth-order valence-corrected chi connectivity index (χ4v) is 2.53. The summed E-state index contributed by atoms with van der Waals surface area (Å²) < 4.78 is 2.03. The smallest absolute Gasteiger partial charge is 0.165 e. The zero-order valence-electron chi connectivity index (χ0n) is 12.0. The summed E-state index contributed by atoms with van der Waals surface area (Å²) in [7, 11) is 0. The van der Waals surface area contributed by atoms with Crippen molar-refractivity contribution in [2.24, 2.45) is 0 Å².